The van der Waals surface area contributed by atoms with Crippen molar-refractivity contribution >= 4 is 11.6 Å². The second-order valence-corrected chi connectivity index (χ2v) is 4.66. The van der Waals surface area contributed by atoms with Gasteiger partial charge in [-0.15, -0.1) is 0 Å². The van der Waals surface area contributed by atoms with Gasteiger partial charge < -0.3 is 5.32 Å². The van der Waals surface area contributed by atoms with E-state index in [1.54, 1.807) is 6.07 Å². The zero-order valence-electron chi connectivity index (χ0n) is 9.99. The van der Waals surface area contributed by atoms with Gasteiger partial charge in [-0.25, -0.2) is 0 Å². The number of rotatable bonds is 3. The number of nitriles is 1. The molecular weight excluding hydrogens is 212 g/mol. The Labute approximate surface area is 101 Å². The Morgan fingerprint density at radius 2 is 2.29 bits per heavy atom. The number of hydrogen-bond donors (Lipinski definition) is 1. The van der Waals surface area contributed by atoms with E-state index in [2.05, 4.69) is 11.4 Å². The van der Waals surface area contributed by atoms with Crippen LogP contribution >= 0.6 is 0 Å². The Hall–Kier alpha value is -1.82. The second-order valence-electron chi connectivity index (χ2n) is 4.66. The van der Waals surface area contributed by atoms with E-state index in [1.165, 1.54) is 6.42 Å². The highest BCUT2D eigenvalue weighted by Gasteiger charge is 2.21. The summed E-state index contributed by atoms with van der Waals surface area (Å²) in [5.74, 6) is 0.571. The molecule has 88 valence electrons. The molecule has 1 N–H and O–H groups in total. The van der Waals surface area contributed by atoms with Crippen LogP contribution in [0.1, 0.15) is 36.8 Å². The Morgan fingerprint density at radius 1 is 1.53 bits per heavy atom. The number of nitrogens with zero attached hydrogens (tertiary/aromatic N) is 1. The molecular formula is C14H16N2O. The van der Waals surface area contributed by atoms with Crippen molar-refractivity contribution in [2.45, 2.75) is 32.6 Å². The smallest absolute Gasteiger partial charge is 0.224 e. The van der Waals surface area contributed by atoms with Crippen molar-refractivity contribution in [3.8, 4) is 6.07 Å². The number of anilines is 1. The van der Waals surface area contributed by atoms with Crippen LogP contribution in [0, 0.1) is 24.2 Å². The van der Waals surface area contributed by atoms with Crippen molar-refractivity contribution in [2.24, 2.45) is 5.92 Å². The van der Waals surface area contributed by atoms with Gasteiger partial charge in [0.2, 0.25) is 5.91 Å². The average molecular weight is 228 g/mol. The van der Waals surface area contributed by atoms with Crippen molar-refractivity contribution in [3.05, 3.63) is 29.3 Å². The van der Waals surface area contributed by atoms with Gasteiger partial charge in [0, 0.05) is 6.42 Å². The minimum atomic E-state index is 0.0248. The third-order valence-corrected chi connectivity index (χ3v) is 3.36. The van der Waals surface area contributed by atoms with Crippen LogP contribution in [0.3, 0.4) is 0 Å². The molecule has 1 amide bonds. The molecule has 0 unspecified atom stereocenters. The maximum absolute atomic E-state index is 11.8. The van der Waals surface area contributed by atoms with Gasteiger partial charge in [0.05, 0.1) is 11.3 Å². The van der Waals surface area contributed by atoms with E-state index in [9.17, 15) is 4.79 Å². The molecule has 1 aliphatic carbocycles. The second kappa shape index (κ2) is 5.01. The van der Waals surface area contributed by atoms with Crippen LogP contribution in [0.2, 0.25) is 0 Å². The molecule has 0 aromatic heterocycles. The summed E-state index contributed by atoms with van der Waals surface area (Å²) in [7, 11) is 0. The molecule has 0 saturated heterocycles. The molecule has 1 fully saturated rings. The standard InChI is InChI=1S/C14H16N2O/c1-10-4-2-7-13(12(10)9-15)16-14(17)8-11-5-3-6-11/h2,4,7,11H,3,5-6,8H2,1H3,(H,16,17). The largest absolute Gasteiger partial charge is 0.325 e. The summed E-state index contributed by atoms with van der Waals surface area (Å²) in [6, 6.07) is 7.65. The third-order valence-electron chi connectivity index (χ3n) is 3.36. The van der Waals surface area contributed by atoms with E-state index in [-0.39, 0.29) is 5.91 Å². The molecule has 0 bridgehead atoms. The fourth-order valence-corrected chi connectivity index (χ4v) is 2.08. The van der Waals surface area contributed by atoms with E-state index in [0.717, 1.165) is 18.4 Å². The molecule has 0 spiro atoms. The van der Waals surface area contributed by atoms with Crippen LogP contribution in [-0.2, 0) is 4.79 Å². The molecule has 0 heterocycles. The number of hydrogen-bond acceptors (Lipinski definition) is 2. The van der Waals surface area contributed by atoms with Gasteiger partial charge in [0.25, 0.3) is 0 Å². The quantitative estimate of drug-likeness (QED) is 0.864. The number of nitrogens with one attached hydrogen (secondary N) is 1. The summed E-state index contributed by atoms with van der Waals surface area (Å²) in [6.45, 7) is 1.88. The number of aryl methyl sites for hydroxylation is 1. The highest BCUT2D eigenvalue weighted by molar-refractivity contribution is 5.92. The zero-order valence-corrected chi connectivity index (χ0v) is 9.99. The lowest BCUT2D eigenvalue weighted by molar-refractivity contribution is -0.117. The Bertz CT molecular complexity index is 470. The first-order chi connectivity index (χ1) is 8.20. The highest BCUT2D eigenvalue weighted by atomic mass is 16.1. The molecule has 0 aliphatic heterocycles. The molecule has 1 aromatic rings. The Balaban J connectivity index is 2.05. The van der Waals surface area contributed by atoms with Crippen LogP contribution in [0.4, 0.5) is 5.69 Å². The summed E-state index contributed by atoms with van der Waals surface area (Å²) in [5, 5.41) is 11.9. The zero-order chi connectivity index (χ0) is 12.3. The number of benzene rings is 1. The van der Waals surface area contributed by atoms with Crippen LogP contribution in [0.15, 0.2) is 18.2 Å². The van der Waals surface area contributed by atoms with E-state index in [1.807, 2.05) is 19.1 Å². The van der Waals surface area contributed by atoms with E-state index >= 15 is 0 Å². The molecule has 0 atom stereocenters. The van der Waals surface area contributed by atoms with Crippen LogP contribution in [-0.4, -0.2) is 5.91 Å². The molecule has 0 radical (unpaired) electrons. The molecule has 1 aliphatic rings. The Kier molecular flexibility index (Phi) is 3.43. The van der Waals surface area contributed by atoms with Gasteiger partial charge in [0.15, 0.2) is 0 Å². The lowest BCUT2D eigenvalue weighted by atomic mass is 9.83. The van der Waals surface area contributed by atoms with Crippen molar-refractivity contribution in [1.82, 2.24) is 0 Å². The van der Waals surface area contributed by atoms with Gasteiger partial charge in [-0.2, -0.15) is 5.26 Å². The van der Waals surface area contributed by atoms with Crippen LogP contribution in [0.25, 0.3) is 0 Å². The lowest BCUT2D eigenvalue weighted by Gasteiger charge is -2.24. The van der Waals surface area contributed by atoms with Crippen LogP contribution in [0.5, 0.6) is 0 Å². The predicted octanol–water partition coefficient (Wildman–Crippen LogP) is 3.00. The first kappa shape index (κ1) is 11.7. The van der Waals surface area contributed by atoms with E-state index in [0.29, 0.717) is 23.6 Å². The molecule has 1 aromatic carbocycles. The average Bonchev–Trinajstić information content (AvgIpc) is 2.24. The topological polar surface area (TPSA) is 52.9 Å². The fourth-order valence-electron chi connectivity index (χ4n) is 2.08. The maximum Gasteiger partial charge on any atom is 0.224 e. The lowest BCUT2D eigenvalue weighted by Crippen LogP contribution is -2.21. The maximum atomic E-state index is 11.8. The summed E-state index contributed by atoms with van der Waals surface area (Å²) >= 11 is 0. The first-order valence-electron chi connectivity index (χ1n) is 6.00. The van der Waals surface area contributed by atoms with Crippen molar-refractivity contribution in [2.75, 3.05) is 5.32 Å². The van der Waals surface area contributed by atoms with Crippen molar-refractivity contribution < 1.29 is 4.79 Å². The van der Waals surface area contributed by atoms with Gasteiger partial charge in [-0.3, -0.25) is 4.79 Å². The van der Waals surface area contributed by atoms with E-state index < -0.39 is 0 Å². The number of carbonyl (C=O) groups is 1. The van der Waals surface area contributed by atoms with Gasteiger partial charge in [-0.05, 0) is 37.3 Å². The molecule has 1 saturated carbocycles. The molecule has 3 nitrogen and oxygen atoms in total. The monoisotopic (exact) mass is 228 g/mol. The summed E-state index contributed by atoms with van der Waals surface area (Å²) in [5.41, 5.74) is 2.10. The molecule has 3 heteroatoms. The Morgan fingerprint density at radius 3 is 2.88 bits per heavy atom. The van der Waals surface area contributed by atoms with Crippen LogP contribution < -0.4 is 5.32 Å². The normalized spacial score (nSPS) is 14.8. The molecule has 17 heavy (non-hydrogen) atoms. The number of carbonyl (C=O) groups excluding carboxylic acids is 1. The van der Waals surface area contributed by atoms with E-state index in [4.69, 9.17) is 5.26 Å². The summed E-state index contributed by atoms with van der Waals surface area (Å²) in [6.07, 6.45) is 4.14. The predicted molar refractivity (Wildman–Crippen MR) is 66.5 cm³/mol. The summed E-state index contributed by atoms with van der Waals surface area (Å²) < 4.78 is 0. The van der Waals surface area contributed by atoms with Gasteiger partial charge in [-0.1, -0.05) is 18.6 Å². The van der Waals surface area contributed by atoms with Gasteiger partial charge >= 0.3 is 0 Å². The minimum Gasteiger partial charge on any atom is -0.325 e. The summed E-state index contributed by atoms with van der Waals surface area (Å²) in [4.78, 5) is 11.8. The number of amides is 1. The third kappa shape index (κ3) is 2.65. The van der Waals surface area contributed by atoms with Gasteiger partial charge in [0.1, 0.15) is 6.07 Å². The molecule has 2 rings (SSSR count). The SMILES string of the molecule is Cc1cccc(NC(=O)CC2CCC2)c1C#N. The van der Waals surface area contributed by atoms with Crippen molar-refractivity contribution in [3.63, 3.8) is 0 Å². The first-order valence-corrected chi connectivity index (χ1v) is 6.00. The highest BCUT2D eigenvalue weighted by Crippen LogP contribution is 2.29. The van der Waals surface area contributed by atoms with Crippen molar-refractivity contribution in [1.29, 1.82) is 5.26 Å². The fraction of sp³-hybridized carbons (Fsp3) is 0.429. The minimum absolute atomic E-state index is 0.0248.